The Hall–Kier alpha value is -3.71. The van der Waals surface area contributed by atoms with Crippen molar-refractivity contribution in [3.8, 4) is 0 Å². The fourth-order valence-corrected chi connectivity index (χ4v) is 18.8. The lowest BCUT2D eigenvalue weighted by Gasteiger charge is -2.38. The van der Waals surface area contributed by atoms with Gasteiger partial charge in [-0.15, -0.1) is 0 Å². The number of cyclic esters (lactones) is 4. The molecule has 9 aliphatic heterocycles. The summed E-state index contributed by atoms with van der Waals surface area (Å²) in [5.41, 5.74) is -0.0266. The maximum atomic E-state index is 11.6. The minimum Gasteiger partial charge on any atom is -0.465 e. The summed E-state index contributed by atoms with van der Waals surface area (Å²) < 4.78 is 35.7. The van der Waals surface area contributed by atoms with E-state index in [1.165, 1.54) is 103 Å². The Labute approximate surface area is 561 Å². The summed E-state index contributed by atoms with van der Waals surface area (Å²) in [6.45, 7) is 38.8. The van der Waals surface area contributed by atoms with E-state index in [1.54, 1.807) is 0 Å². The fraction of sp³-hybridized carbons (Fsp3) is 0.910. The molecule has 21 fully saturated rings. The van der Waals surface area contributed by atoms with Crippen LogP contribution in [-0.4, -0.2) is 86.5 Å². The second kappa shape index (κ2) is 42.8. The lowest BCUT2D eigenvalue weighted by Crippen LogP contribution is -2.39. The normalized spacial score (nSPS) is 37.6. The number of fused-ring (bicyclic) bond motifs is 14. The average molecular weight is 1300 g/mol. The van der Waals surface area contributed by atoms with Crippen molar-refractivity contribution in [2.24, 2.45) is 99.6 Å². The van der Waals surface area contributed by atoms with Gasteiger partial charge in [0, 0.05) is 17.8 Å². The second-order valence-corrected chi connectivity index (χ2v) is 26.7. The third kappa shape index (κ3) is 20.0. The first kappa shape index (κ1) is 82.5. The van der Waals surface area contributed by atoms with Gasteiger partial charge in [0.05, 0.1) is 66.8 Å². The molecule has 9 saturated heterocycles. The Kier molecular flexibility index (Phi) is 38.4. The third-order valence-electron chi connectivity index (χ3n) is 22.9. The molecular weight excluding hydrogens is 1160 g/mol. The molecule has 0 radical (unpaired) electrons. The number of hydrogen-bond donors (Lipinski definition) is 0. The first-order chi connectivity index (χ1) is 44.9. The number of esters is 7. The second-order valence-electron chi connectivity index (χ2n) is 26.7. The maximum absolute atomic E-state index is 11.6. The van der Waals surface area contributed by atoms with Crippen LogP contribution in [0, 0.1) is 99.6 Å². The largest absolute Gasteiger partial charge is 0.465 e. The molecule has 0 N–H and O–H groups in total. The minimum absolute atomic E-state index is 0.00289. The summed E-state index contributed by atoms with van der Waals surface area (Å²) in [5.74, 6) is 9.14. The van der Waals surface area contributed by atoms with Crippen molar-refractivity contribution in [3.63, 3.8) is 0 Å². The number of hydrogen-bond acceptors (Lipinski definition) is 14. The van der Waals surface area contributed by atoms with Gasteiger partial charge in [0.25, 0.3) is 0 Å². The summed E-state index contributed by atoms with van der Waals surface area (Å²) in [6, 6.07) is 0. The Morgan fingerprint density at radius 3 is 1.39 bits per heavy atom. The van der Waals surface area contributed by atoms with Crippen LogP contribution in [0.2, 0.25) is 0 Å². The molecule has 0 amide bonds. The molecule has 9 heterocycles. The van der Waals surface area contributed by atoms with Gasteiger partial charge < -0.3 is 33.2 Å². The molecule has 0 aromatic heterocycles. The number of carbonyl (C=O) groups is 7. The summed E-state index contributed by atoms with van der Waals surface area (Å²) in [6.07, 6.45) is 35.4. The standard InChI is InChI=1S/C10H14O2.2C9H12O2.C9H14O2.C8H10O2.C8H12O2.C7H10O2.9C2H6/c11-9-10(3-4-12-9)6-7-1-2-8(10)5-7;10-9-8-6-2-1-5(3-6)7(8)4-11-9;10-9-7-3-5-1-2-6(7)8(4-5)11-9;10-8-9(6-7-11-8)4-2-1-3-5-9;9-8-6-2-5-1-4(6)3-7(5)10-8;9-8-7-4-2-1-3-6(7)5-10-8;8-7-5-1-3-6(9-7)4-2-5;9*1-2/h7-8H,1-6H2;2*5-8H,1-4H2;1-7H2;4-7H,1-3H2;6-7H,1-5H2;5-6H,1-4H2;9*1-2H3. The summed E-state index contributed by atoms with van der Waals surface area (Å²) in [4.78, 5) is 78.2. The molecule has 17 unspecified atom stereocenters. The zero-order valence-electron chi connectivity index (χ0n) is 61.9. The van der Waals surface area contributed by atoms with Crippen molar-refractivity contribution >= 4 is 41.8 Å². The van der Waals surface area contributed by atoms with Crippen LogP contribution in [0.5, 0.6) is 0 Å². The van der Waals surface area contributed by atoms with Gasteiger partial charge in [0.15, 0.2) is 0 Å². The van der Waals surface area contributed by atoms with E-state index < -0.39 is 0 Å². The van der Waals surface area contributed by atoms with Crippen molar-refractivity contribution in [2.45, 2.75) is 329 Å². The lowest BCUT2D eigenvalue weighted by molar-refractivity contribution is -0.170. The molecule has 534 valence electrons. The Balaban J connectivity index is 0.000000269. The molecule has 0 aromatic carbocycles. The van der Waals surface area contributed by atoms with Gasteiger partial charge in [-0.3, -0.25) is 33.6 Å². The van der Waals surface area contributed by atoms with Crippen LogP contribution >= 0.6 is 0 Å². The highest BCUT2D eigenvalue weighted by atomic mass is 16.6. The van der Waals surface area contributed by atoms with Gasteiger partial charge in [-0.25, -0.2) is 0 Å². The van der Waals surface area contributed by atoms with E-state index in [-0.39, 0.29) is 70.6 Å². The molecule has 14 heteroatoms. The molecule has 92 heavy (non-hydrogen) atoms. The number of carbonyl (C=O) groups excluding carboxylic acids is 7. The van der Waals surface area contributed by atoms with E-state index in [9.17, 15) is 33.6 Å². The molecule has 17 atom stereocenters. The van der Waals surface area contributed by atoms with Crippen LogP contribution in [-0.2, 0) is 66.7 Å². The van der Waals surface area contributed by atoms with Crippen LogP contribution < -0.4 is 0 Å². The van der Waals surface area contributed by atoms with Crippen molar-refractivity contribution in [1.82, 2.24) is 0 Å². The number of rotatable bonds is 0. The Morgan fingerprint density at radius 2 is 0.924 bits per heavy atom. The van der Waals surface area contributed by atoms with Crippen LogP contribution in [0.3, 0.4) is 0 Å². The molecule has 12 saturated carbocycles. The molecule has 21 rings (SSSR count). The smallest absolute Gasteiger partial charge is 0.312 e. The third-order valence-corrected chi connectivity index (χ3v) is 22.9. The quantitative estimate of drug-likeness (QED) is 0.165. The van der Waals surface area contributed by atoms with Gasteiger partial charge in [0.1, 0.15) is 18.3 Å². The zero-order chi connectivity index (χ0) is 68.7. The van der Waals surface area contributed by atoms with Gasteiger partial charge >= 0.3 is 41.8 Å². The zero-order valence-corrected chi connectivity index (χ0v) is 61.9. The predicted octanol–water partition coefficient (Wildman–Crippen LogP) is 18.8. The molecule has 12 aliphatic carbocycles. The first-order valence-corrected chi connectivity index (χ1v) is 39.2. The van der Waals surface area contributed by atoms with Gasteiger partial charge in [-0.1, -0.05) is 163 Å². The van der Waals surface area contributed by atoms with E-state index in [1.807, 2.05) is 125 Å². The van der Waals surface area contributed by atoms with E-state index >= 15 is 0 Å². The van der Waals surface area contributed by atoms with Gasteiger partial charge in [-0.05, 0) is 189 Å². The van der Waals surface area contributed by atoms with Crippen LogP contribution in [0.1, 0.15) is 311 Å². The highest BCUT2D eigenvalue weighted by Gasteiger charge is 2.59. The highest BCUT2D eigenvalue weighted by molar-refractivity contribution is 5.80. The number of ether oxygens (including phenoxy) is 7. The van der Waals surface area contributed by atoms with Crippen LogP contribution in [0.25, 0.3) is 0 Å². The highest BCUT2D eigenvalue weighted by Crippen LogP contribution is 2.60. The average Bonchev–Trinajstić information content (AvgIpc) is 1.66. The molecule has 14 bridgehead atoms. The predicted molar refractivity (Wildman–Crippen MR) is 367 cm³/mol. The molecule has 2 spiro atoms. The molecule has 0 aromatic rings. The minimum atomic E-state index is -0.0295. The Bertz CT molecular complexity index is 2140. The SMILES string of the molecule is CC.CC.CC.CC.CC.CC.CC.CC.CC.O=C1OC2CC3CC2CC13.O=C1OC2CC3CCC2C1C3.O=C1OC2CCC1CC2.O=C1OCC2C3CCC(C3)C12.O=C1OCC2CCCCC12.O=C1OCCC12CC1CCC2C1.O=C1OCCC12CCCCC2. The first-order valence-electron chi connectivity index (χ1n) is 39.2. The molecule has 21 aliphatic rings. The summed E-state index contributed by atoms with van der Waals surface area (Å²) >= 11 is 0. The van der Waals surface area contributed by atoms with Crippen molar-refractivity contribution in [2.75, 3.05) is 26.4 Å². The van der Waals surface area contributed by atoms with Crippen molar-refractivity contribution < 1.29 is 66.7 Å². The monoisotopic (exact) mass is 1300 g/mol. The summed E-state index contributed by atoms with van der Waals surface area (Å²) in [7, 11) is 0. The van der Waals surface area contributed by atoms with Crippen LogP contribution in [0.4, 0.5) is 0 Å². The fourth-order valence-electron chi connectivity index (χ4n) is 18.8. The van der Waals surface area contributed by atoms with Crippen molar-refractivity contribution in [3.05, 3.63) is 0 Å². The topological polar surface area (TPSA) is 184 Å². The lowest BCUT2D eigenvalue weighted by atomic mass is 9.65. The van der Waals surface area contributed by atoms with E-state index in [2.05, 4.69) is 0 Å². The van der Waals surface area contributed by atoms with Crippen LogP contribution in [0.15, 0.2) is 0 Å². The van der Waals surface area contributed by atoms with E-state index in [0.29, 0.717) is 85.3 Å². The Morgan fingerprint density at radius 1 is 0.337 bits per heavy atom. The van der Waals surface area contributed by atoms with Crippen molar-refractivity contribution in [1.29, 1.82) is 0 Å². The van der Waals surface area contributed by atoms with E-state index in [4.69, 9.17) is 33.2 Å². The molecule has 14 nitrogen and oxygen atoms in total. The van der Waals surface area contributed by atoms with Gasteiger partial charge in [-0.2, -0.15) is 0 Å². The maximum Gasteiger partial charge on any atom is 0.312 e. The molecular formula is C78H138O14. The van der Waals surface area contributed by atoms with Gasteiger partial charge in [0.2, 0.25) is 0 Å². The summed E-state index contributed by atoms with van der Waals surface area (Å²) in [5, 5.41) is 0. The van der Waals surface area contributed by atoms with E-state index in [0.717, 1.165) is 114 Å².